The van der Waals surface area contributed by atoms with Crippen LogP contribution >= 0.6 is 0 Å². The molecule has 8 heteroatoms. The van der Waals surface area contributed by atoms with Crippen molar-refractivity contribution in [3.8, 4) is 11.5 Å². The van der Waals surface area contributed by atoms with Gasteiger partial charge in [0.1, 0.15) is 24.2 Å². The number of nitrogens with zero attached hydrogens (tertiary/aromatic N) is 6. The molecule has 4 rings (SSSR count). The van der Waals surface area contributed by atoms with Crippen LogP contribution in [0.2, 0.25) is 0 Å². The highest BCUT2D eigenvalue weighted by molar-refractivity contribution is 5.57. The molecule has 3 aromatic rings. The molecule has 0 unspecified atom stereocenters. The minimum absolute atomic E-state index is 0.156. The number of hydrogen-bond acceptors (Lipinski definition) is 7. The fourth-order valence-electron chi connectivity index (χ4n) is 3.16. The summed E-state index contributed by atoms with van der Waals surface area (Å²) in [6.45, 7) is 4.70. The van der Waals surface area contributed by atoms with E-state index in [1.807, 2.05) is 22.9 Å². The van der Waals surface area contributed by atoms with Gasteiger partial charge in [0, 0.05) is 30.8 Å². The quantitative estimate of drug-likeness (QED) is 0.717. The summed E-state index contributed by atoms with van der Waals surface area (Å²) in [5.74, 6) is 1.56. The minimum Gasteiger partial charge on any atom is -0.365 e. The van der Waals surface area contributed by atoms with E-state index in [1.165, 1.54) is 5.56 Å². The number of fused-ring (bicyclic) bond motifs is 1. The molecular formula is C18H22N8. The lowest BCUT2D eigenvalue weighted by atomic mass is 10.1. The van der Waals surface area contributed by atoms with E-state index in [-0.39, 0.29) is 6.04 Å². The molecule has 4 heterocycles. The Kier molecular flexibility index (Phi) is 4.83. The zero-order valence-corrected chi connectivity index (χ0v) is 14.8. The van der Waals surface area contributed by atoms with Crippen molar-refractivity contribution in [2.75, 3.05) is 18.4 Å². The van der Waals surface area contributed by atoms with Crippen LogP contribution in [-0.4, -0.2) is 48.8 Å². The van der Waals surface area contributed by atoms with Gasteiger partial charge >= 0.3 is 0 Å². The van der Waals surface area contributed by atoms with E-state index < -0.39 is 0 Å². The van der Waals surface area contributed by atoms with Gasteiger partial charge in [0.05, 0.1) is 12.2 Å². The van der Waals surface area contributed by atoms with Gasteiger partial charge in [-0.3, -0.25) is 9.67 Å². The maximum atomic E-state index is 4.81. The number of hydrogen-bond donors (Lipinski definition) is 2. The molecule has 1 aliphatic heterocycles. The second kappa shape index (κ2) is 7.57. The topological polar surface area (TPSA) is 93.4 Å². The van der Waals surface area contributed by atoms with Gasteiger partial charge in [0.15, 0.2) is 5.82 Å². The van der Waals surface area contributed by atoms with Crippen LogP contribution in [0.3, 0.4) is 0 Å². The third-order valence-corrected chi connectivity index (χ3v) is 4.39. The summed E-state index contributed by atoms with van der Waals surface area (Å²) in [7, 11) is 0. The molecule has 134 valence electrons. The lowest BCUT2D eigenvalue weighted by Crippen LogP contribution is -2.24. The van der Waals surface area contributed by atoms with Gasteiger partial charge in [0.2, 0.25) is 0 Å². The molecule has 0 amide bonds. The smallest absolute Gasteiger partial charge is 0.180 e. The highest BCUT2D eigenvalue weighted by Gasteiger charge is 2.19. The van der Waals surface area contributed by atoms with Crippen molar-refractivity contribution in [2.45, 2.75) is 32.4 Å². The molecule has 26 heavy (non-hydrogen) atoms. The first-order chi connectivity index (χ1) is 12.8. The van der Waals surface area contributed by atoms with Gasteiger partial charge in [-0.05, 0) is 32.0 Å². The number of nitrogens with one attached hydrogen (secondary N) is 2. The van der Waals surface area contributed by atoms with Crippen LogP contribution in [0.4, 0.5) is 5.82 Å². The third-order valence-electron chi connectivity index (χ3n) is 4.39. The molecule has 0 spiro atoms. The average Bonchev–Trinajstić information content (AvgIpc) is 3.04. The molecule has 0 saturated carbocycles. The molecule has 8 nitrogen and oxygen atoms in total. The minimum atomic E-state index is 0.156. The van der Waals surface area contributed by atoms with Crippen LogP contribution in [0.1, 0.15) is 18.2 Å². The molecule has 0 fully saturated rings. The molecule has 1 aliphatic rings. The summed E-state index contributed by atoms with van der Waals surface area (Å²) in [5, 5.41) is 11.2. The van der Waals surface area contributed by atoms with Crippen molar-refractivity contribution < 1.29 is 0 Å². The van der Waals surface area contributed by atoms with Gasteiger partial charge in [-0.15, -0.1) is 0 Å². The first-order valence-electron chi connectivity index (χ1n) is 8.90. The number of rotatable bonds is 5. The number of pyridine rings is 1. The molecule has 1 atom stereocenters. The van der Waals surface area contributed by atoms with E-state index in [2.05, 4.69) is 32.6 Å². The molecular weight excluding hydrogens is 328 g/mol. The van der Waals surface area contributed by atoms with Crippen molar-refractivity contribution in [1.29, 1.82) is 0 Å². The second-order valence-corrected chi connectivity index (χ2v) is 6.45. The van der Waals surface area contributed by atoms with E-state index >= 15 is 0 Å². The maximum Gasteiger partial charge on any atom is 0.180 e. The summed E-state index contributed by atoms with van der Waals surface area (Å²) in [4.78, 5) is 18.0. The van der Waals surface area contributed by atoms with Crippen molar-refractivity contribution in [1.82, 2.24) is 35.0 Å². The summed E-state index contributed by atoms with van der Waals surface area (Å²) >= 11 is 0. The maximum absolute atomic E-state index is 4.81. The lowest BCUT2D eigenvalue weighted by molar-refractivity contribution is 0.557. The fraction of sp³-hybridized carbons (Fsp3) is 0.389. The molecule has 3 aromatic heterocycles. The fourth-order valence-corrected chi connectivity index (χ4v) is 3.16. The first-order valence-corrected chi connectivity index (χ1v) is 8.90. The monoisotopic (exact) mass is 350 g/mol. The van der Waals surface area contributed by atoms with Crippen LogP contribution in [-0.2, 0) is 19.4 Å². The van der Waals surface area contributed by atoms with Crippen LogP contribution in [0, 0.1) is 0 Å². The Morgan fingerprint density at radius 2 is 2.15 bits per heavy atom. The van der Waals surface area contributed by atoms with E-state index in [0.29, 0.717) is 5.82 Å². The molecule has 2 N–H and O–H groups in total. The summed E-state index contributed by atoms with van der Waals surface area (Å²) < 4.78 is 1.82. The molecule has 0 radical (unpaired) electrons. The molecule has 0 saturated heterocycles. The Morgan fingerprint density at radius 3 is 2.96 bits per heavy atom. The van der Waals surface area contributed by atoms with Gasteiger partial charge in [0.25, 0.3) is 0 Å². The predicted molar refractivity (Wildman–Crippen MR) is 98.6 cm³/mol. The van der Waals surface area contributed by atoms with Crippen molar-refractivity contribution in [2.24, 2.45) is 0 Å². The zero-order chi connectivity index (χ0) is 17.8. The van der Waals surface area contributed by atoms with E-state index in [4.69, 9.17) is 9.97 Å². The van der Waals surface area contributed by atoms with Crippen molar-refractivity contribution in [3.05, 3.63) is 48.3 Å². The van der Waals surface area contributed by atoms with Gasteiger partial charge in [-0.2, -0.15) is 5.10 Å². The summed E-state index contributed by atoms with van der Waals surface area (Å²) in [6, 6.07) is 5.96. The standard InChI is InChI=1S/C18H22N8/c1-13(10-26-12-20-11-22-26)23-17-14-5-8-19-9-6-15(14)24-18(25-17)16-4-2-3-7-21-16/h2-4,7,11-13,19H,5-6,8-10H2,1H3,(H,23,24,25)/t13-/m1/s1. The van der Waals surface area contributed by atoms with E-state index in [0.717, 1.165) is 49.7 Å². The number of aromatic nitrogens is 6. The number of anilines is 1. The average molecular weight is 350 g/mol. The highest BCUT2D eigenvalue weighted by Crippen LogP contribution is 2.24. The summed E-state index contributed by atoms with van der Waals surface area (Å²) in [5.41, 5.74) is 3.08. The largest absolute Gasteiger partial charge is 0.365 e. The van der Waals surface area contributed by atoms with Crippen molar-refractivity contribution >= 4 is 5.82 Å². The van der Waals surface area contributed by atoms with Gasteiger partial charge < -0.3 is 10.6 Å². The van der Waals surface area contributed by atoms with E-state index in [9.17, 15) is 0 Å². The Labute approximate surface area is 152 Å². The zero-order valence-electron chi connectivity index (χ0n) is 14.8. The van der Waals surface area contributed by atoms with Crippen LogP contribution in [0.15, 0.2) is 37.1 Å². The first kappa shape index (κ1) is 16.6. The Bertz CT molecular complexity index is 847. The Balaban J connectivity index is 1.67. The molecule has 0 aromatic carbocycles. The Morgan fingerprint density at radius 1 is 1.23 bits per heavy atom. The van der Waals surface area contributed by atoms with Crippen LogP contribution < -0.4 is 10.6 Å². The third kappa shape index (κ3) is 3.70. The van der Waals surface area contributed by atoms with Crippen LogP contribution in [0.5, 0.6) is 0 Å². The molecule has 0 bridgehead atoms. The van der Waals surface area contributed by atoms with Gasteiger partial charge in [-0.25, -0.2) is 15.0 Å². The second-order valence-electron chi connectivity index (χ2n) is 6.45. The van der Waals surface area contributed by atoms with Gasteiger partial charge in [-0.1, -0.05) is 6.07 Å². The normalized spacial score (nSPS) is 15.1. The van der Waals surface area contributed by atoms with Crippen molar-refractivity contribution in [3.63, 3.8) is 0 Å². The predicted octanol–water partition coefficient (Wildman–Crippen LogP) is 1.32. The van der Waals surface area contributed by atoms with Crippen LogP contribution in [0.25, 0.3) is 11.5 Å². The Hall–Kier alpha value is -2.87. The van der Waals surface area contributed by atoms with E-state index in [1.54, 1.807) is 18.9 Å². The highest BCUT2D eigenvalue weighted by atomic mass is 15.3. The lowest BCUT2D eigenvalue weighted by Gasteiger charge is -2.19. The summed E-state index contributed by atoms with van der Waals surface area (Å²) in [6.07, 6.45) is 6.85. The molecule has 0 aliphatic carbocycles. The SMILES string of the molecule is C[C@H](Cn1cncn1)Nc1nc(-c2ccccn2)nc2c1CCNCC2.